The molecule has 1 aromatic heterocycles. The predicted molar refractivity (Wildman–Crippen MR) is 79.0 cm³/mol. The van der Waals surface area contributed by atoms with Crippen molar-refractivity contribution >= 4 is 38.6 Å². The summed E-state index contributed by atoms with van der Waals surface area (Å²) in [6, 6.07) is 14.8. The molecular weight excluding hydrogens is 306 g/mol. The second-order valence-electron chi connectivity index (χ2n) is 4.22. The first-order valence-corrected chi connectivity index (χ1v) is 7.30. The average molecular weight is 314 g/mol. The first-order chi connectivity index (χ1) is 8.84. The van der Waals surface area contributed by atoms with E-state index in [4.69, 9.17) is 0 Å². The summed E-state index contributed by atoms with van der Waals surface area (Å²) < 4.78 is 1.14. The van der Waals surface area contributed by atoms with Crippen molar-refractivity contribution in [3.63, 3.8) is 0 Å². The van der Waals surface area contributed by atoms with Gasteiger partial charge in [0.15, 0.2) is 0 Å². The Labute approximate surface area is 117 Å². The minimum atomic E-state index is 1.06. The van der Waals surface area contributed by atoms with Crippen LogP contribution in [0.2, 0.25) is 0 Å². The van der Waals surface area contributed by atoms with Crippen LogP contribution in [-0.2, 0) is 0 Å². The van der Waals surface area contributed by atoms with Crippen molar-refractivity contribution in [1.82, 2.24) is 4.98 Å². The van der Waals surface area contributed by atoms with Gasteiger partial charge >= 0.3 is 0 Å². The van der Waals surface area contributed by atoms with Crippen LogP contribution in [0.5, 0.6) is 0 Å². The first-order valence-electron chi connectivity index (χ1n) is 5.69. The Morgan fingerprint density at radius 1 is 0.944 bits per heavy atom. The molecule has 3 heteroatoms. The highest BCUT2D eigenvalue weighted by atomic mass is 79.9. The molecule has 0 aliphatic carbocycles. The summed E-state index contributed by atoms with van der Waals surface area (Å²) in [4.78, 5) is 7.06. The number of fused-ring (bicyclic) bond motifs is 2. The first kappa shape index (κ1) is 10.6. The molecule has 2 heterocycles. The summed E-state index contributed by atoms with van der Waals surface area (Å²) >= 11 is 5.50. The Balaban J connectivity index is 2.25. The van der Waals surface area contributed by atoms with E-state index in [9.17, 15) is 0 Å². The molecule has 1 aliphatic heterocycles. The van der Waals surface area contributed by atoms with Crippen LogP contribution in [0.4, 0.5) is 0 Å². The molecule has 0 amide bonds. The van der Waals surface area contributed by atoms with Gasteiger partial charge in [0.2, 0.25) is 0 Å². The fourth-order valence-electron chi connectivity index (χ4n) is 2.42. The van der Waals surface area contributed by atoms with Crippen LogP contribution < -0.4 is 0 Å². The molecule has 0 spiro atoms. The molecule has 0 radical (unpaired) electrons. The van der Waals surface area contributed by atoms with Crippen LogP contribution in [0.1, 0.15) is 0 Å². The highest BCUT2D eigenvalue weighted by Crippen LogP contribution is 2.49. The van der Waals surface area contributed by atoms with Gasteiger partial charge in [-0.3, -0.25) is 4.98 Å². The molecule has 0 unspecified atom stereocenters. The van der Waals surface area contributed by atoms with Crippen molar-refractivity contribution in [2.75, 3.05) is 0 Å². The maximum absolute atomic E-state index is 4.46. The molecule has 0 atom stereocenters. The van der Waals surface area contributed by atoms with E-state index >= 15 is 0 Å². The third kappa shape index (κ3) is 1.38. The van der Waals surface area contributed by atoms with Gasteiger partial charge in [-0.25, -0.2) is 0 Å². The van der Waals surface area contributed by atoms with Gasteiger partial charge in [0.25, 0.3) is 0 Å². The molecule has 4 rings (SSSR count). The second-order valence-corrected chi connectivity index (χ2v) is 6.16. The van der Waals surface area contributed by atoms with Crippen LogP contribution in [-0.4, -0.2) is 4.98 Å². The van der Waals surface area contributed by atoms with Crippen LogP contribution in [0, 0.1) is 0 Å². The lowest BCUT2D eigenvalue weighted by atomic mass is 10.00. The Morgan fingerprint density at radius 3 is 2.78 bits per heavy atom. The number of benzene rings is 2. The molecule has 1 nitrogen and oxygen atoms in total. The monoisotopic (exact) mass is 313 g/mol. The highest BCUT2D eigenvalue weighted by molar-refractivity contribution is 9.10. The van der Waals surface area contributed by atoms with Crippen molar-refractivity contribution in [2.24, 2.45) is 0 Å². The lowest BCUT2D eigenvalue weighted by molar-refractivity contribution is 1.32. The molecule has 0 saturated carbocycles. The number of rotatable bonds is 0. The van der Waals surface area contributed by atoms with E-state index in [0.717, 1.165) is 9.99 Å². The number of aromatic nitrogens is 1. The smallest absolute Gasteiger partial charge is 0.0720 e. The summed E-state index contributed by atoms with van der Waals surface area (Å²) in [5.41, 5.74) is 3.62. The second kappa shape index (κ2) is 3.84. The van der Waals surface area contributed by atoms with Gasteiger partial charge in [0.1, 0.15) is 0 Å². The van der Waals surface area contributed by atoms with Gasteiger partial charge in [-0.1, -0.05) is 45.9 Å². The summed E-state index contributed by atoms with van der Waals surface area (Å²) in [5, 5.41) is 1.26. The van der Waals surface area contributed by atoms with Crippen molar-refractivity contribution in [2.45, 2.75) is 9.79 Å². The van der Waals surface area contributed by atoms with Gasteiger partial charge in [0, 0.05) is 31.4 Å². The summed E-state index contributed by atoms with van der Waals surface area (Å²) in [5.74, 6) is 0. The number of hydrogen-bond donors (Lipinski definition) is 0. The van der Waals surface area contributed by atoms with Crippen molar-refractivity contribution in [1.29, 1.82) is 0 Å². The minimum absolute atomic E-state index is 1.06. The molecule has 1 aliphatic rings. The summed E-state index contributed by atoms with van der Waals surface area (Å²) in [6.45, 7) is 0. The zero-order valence-electron chi connectivity index (χ0n) is 9.35. The SMILES string of the molecule is Brc1ccc2nccc3c2c1-c1ccccc1S3. The van der Waals surface area contributed by atoms with E-state index in [1.54, 1.807) is 0 Å². The fourth-order valence-corrected chi connectivity index (χ4v) is 4.07. The Morgan fingerprint density at radius 2 is 1.83 bits per heavy atom. The van der Waals surface area contributed by atoms with Crippen molar-refractivity contribution in [3.05, 3.63) is 53.1 Å². The highest BCUT2D eigenvalue weighted by Gasteiger charge is 2.20. The quantitative estimate of drug-likeness (QED) is 0.446. The van der Waals surface area contributed by atoms with Gasteiger partial charge in [-0.05, 0) is 29.8 Å². The Hall–Kier alpha value is -1.32. The Kier molecular flexibility index (Phi) is 2.26. The molecule has 0 fully saturated rings. The van der Waals surface area contributed by atoms with Crippen molar-refractivity contribution in [3.8, 4) is 11.1 Å². The zero-order chi connectivity index (χ0) is 12.1. The molecule has 18 heavy (non-hydrogen) atoms. The number of halogens is 1. The molecule has 3 aromatic rings. The largest absolute Gasteiger partial charge is 0.256 e. The van der Waals surface area contributed by atoms with Crippen LogP contribution in [0.3, 0.4) is 0 Å². The van der Waals surface area contributed by atoms with Crippen LogP contribution >= 0.6 is 27.7 Å². The van der Waals surface area contributed by atoms with E-state index < -0.39 is 0 Å². The van der Waals surface area contributed by atoms with E-state index in [0.29, 0.717) is 0 Å². The van der Waals surface area contributed by atoms with Gasteiger partial charge in [-0.2, -0.15) is 0 Å². The Bertz CT molecular complexity index is 783. The van der Waals surface area contributed by atoms with Crippen LogP contribution in [0.15, 0.2) is 62.9 Å². The van der Waals surface area contributed by atoms with Gasteiger partial charge in [0.05, 0.1) is 5.52 Å². The van der Waals surface area contributed by atoms with E-state index in [1.807, 2.05) is 18.0 Å². The molecular formula is C15H8BrNS. The van der Waals surface area contributed by atoms with E-state index in [-0.39, 0.29) is 0 Å². The average Bonchev–Trinajstić information content (AvgIpc) is 2.41. The molecule has 0 N–H and O–H groups in total. The fraction of sp³-hybridized carbons (Fsp3) is 0. The normalized spacial score (nSPS) is 12.5. The van der Waals surface area contributed by atoms with E-state index in [1.165, 1.54) is 26.3 Å². The number of hydrogen-bond acceptors (Lipinski definition) is 2. The third-order valence-corrected chi connectivity index (χ3v) is 4.99. The van der Waals surface area contributed by atoms with Gasteiger partial charge in [-0.15, -0.1) is 0 Å². The van der Waals surface area contributed by atoms with Crippen LogP contribution in [0.25, 0.3) is 22.0 Å². The maximum Gasteiger partial charge on any atom is 0.0720 e. The maximum atomic E-state index is 4.46. The molecule has 0 bridgehead atoms. The minimum Gasteiger partial charge on any atom is -0.256 e. The number of nitrogens with zero attached hydrogens (tertiary/aromatic N) is 1. The lowest BCUT2D eigenvalue weighted by Gasteiger charge is -2.20. The lowest BCUT2D eigenvalue weighted by Crippen LogP contribution is -1.94. The molecule has 86 valence electrons. The summed E-state index contributed by atoms with van der Waals surface area (Å²) in [6.07, 6.45) is 1.89. The third-order valence-electron chi connectivity index (χ3n) is 3.19. The van der Waals surface area contributed by atoms with Crippen molar-refractivity contribution < 1.29 is 0 Å². The zero-order valence-corrected chi connectivity index (χ0v) is 11.8. The van der Waals surface area contributed by atoms with E-state index in [2.05, 4.69) is 63.4 Å². The molecule has 2 aromatic carbocycles. The molecule has 0 saturated heterocycles. The standard InChI is InChI=1S/C15H8BrNS/c16-10-5-6-11-15-13(7-8-17-11)18-12-4-2-1-3-9(12)14(10)15/h1-8H. The van der Waals surface area contributed by atoms with Gasteiger partial charge < -0.3 is 0 Å². The predicted octanol–water partition coefficient (Wildman–Crippen LogP) is 5.13. The number of pyridine rings is 1. The topological polar surface area (TPSA) is 12.9 Å². The summed E-state index contributed by atoms with van der Waals surface area (Å²) in [7, 11) is 0.